The van der Waals surface area contributed by atoms with E-state index in [4.69, 9.17) is 0 Å². The summed E-state index contributed by atoms with van der Waals surface area (Å²) in [6, 6.07) is 14.3. The van der Waals surface area contributed by atoms with Gasteiger partial charge in [0.25, 0.3) is 0 Å². The minimum atomic E-state index is -0.997. The fourth-order valence-electron chi connectivity index (χ4n) is 4.12. The molecule has 0 aromatic heterocycles. The van der Waals surface area contributed by atoms with Crippen molar-refractivity contribution in [3.63, 3.8) is 0 Å². The molecular weight excluding hydrogens is 369 g/mol. The monoisotopic (exact) mass is 389 g/mol. The zero-order chi connectivity index (χ0) is 20.6. The van der Waals surface area contributed by atoms with Crippen LogP contribution < -0.4 is 4.90 Å². The van der Waals surface area contributed by atoms with Crippen LogP contribution in [0.3, 0.4) is 0 Å². The molecule has 2 aliphatic rings. The SMILES string of the molecule is C=CC(F)=CC=CC1CC12C(=O)N(Cc1cccc(C(=O)O)c1)c1ccccc12. The van der Waals surface area contributed by atoms with Gasteiger partial charge in [-0.25, -0.2) is 9.18 Å². The fourth-order valence-corrected chi connectivity index (χ4v) is 4.12. The van der Waals surface area contributed by atoms with Crippen LogP contribution in [0.4, 0.5) is 10.1 Å². The molecule has 5 heteroatoms. The maximum atomic E-state index is 13.4. The average Bonchev–Trinajstić information content (AvgIpc) is 3.41. The number of amides is 1. The molecule has 0 bridgehead atoms. The molecule has 0 saturated heterocycles. The van der Waals surface area contributed by atoms with Crippen LogP contribution in [0.5, 0.6) is 0 Å². The lowest BCUT2D eigenvalue weighted by atomic mass is 9.94. The molecule has 4 nitrogen and oxygen atoms in total. The molecule has 0 radical (unpaired) electrons. The van der Waals surface area contributed by atoms with Gasteiger partial charge >= 0.3 is 5.97 Å². The first-order chi connectivity index (χ1) is 14.0. The summed E-state index contributed by atoms with van der Waals surface area (Å²) in [5.41, 5.74) is 2.16. The van der Waals surface area contributed by atoms with Gasteiger partial charge < -0.3 is 10.0 Å². The number of para-hydroxylation sites is 1. The van der Waals surface area contributed by atoms with Crippen LogP contribution in [-0.4, -0.2) is 17.0 Å². The maximum Gasteiger partial charge on any atom is 0.335 e. The third kappa shape index (κ3) is 3.18. The van der Waals surface area contributed by atoms with E-state index in [9.17, 15) is 19.1 Å². The molecule has 1 spiro atoms. The fraction of sp³-hybridized carbons (Fsp3) is 0.167. The van der Waals surface area contributed by atoms with Gasteiger partial charge in [0, 0.05) is 5.69 Å². The predicted molar refractivity (Wildman–Crippen MR) is 109 cm³/mol. The first-order valence-electron chi connectivity index (χ1n) is 9.37. The van der Waals surface area contributed by atoms with Crippen LogP contribution in [0.1, 0.15) is 27.9 Å². The van der Waals surface area contributed by atoms with Gasteiger partial charge in [0.05, 0.1) is 17.5 Å². The van der Waals surface area contributed by atoms with E-state index >= 15 is 0 Å². The van der Waals surface area contributed by atoms with Gasteiger partial charge in [-0.1, -0.05) is 49.1 Å². The van der Waals surface area contributed by atoms with Crippen molar-refractivity contribution in [3.05, 3.63) is 102 Å². The number of anilines is 1. The summed E-state index contributed by atoms with van der Waals surface area (Å²) < 4.78 is 13.3. The van der Waals surface area contributed by atoms with Crippen molar-refractivity contribution >= 4 is 17.6 Å². The lowest BCUT2D eigenvalue weighted by Gasteiger charge is -2.18. The van der Waals surface area contributed by atoms with Gasteiger partial charge in [-0.3, -0.25) is 4.79 Å². The molecule has 1 N–H and O–H groups in total. The molecule has 1 fully saturated rings. The molecule has 1 amide bonds. The Hall–Kier alpha value is -3.47. The van der Waals surface area contributed by atoms with E-state index < -0.39 is 17.2 Å². The van der Waals surface area contributed by atoms with E-state index in [1.165, 1.54) is 12.1 Å². The summed E-state index contributed by atoms with van der Waals surface area (Å²) in [6.45, 7) is 3.68. The first-order valence-corrected chi connectivity index (χ1v) is 9.37. The predicted octanol–water partition coefficient (Wildman–Crippen LogP) is 4.78. The first kappa shape index (κ1) is 18.9. The van der Waals surface area contributed by atoms with Gasteiger partial charge in [-0.2, -0.15) is 0 Å². The number of carboxylic acids is 1. The molecule has 2 aromatic carbocycles. The summed E-state index contributed by atoms with van der Waals surface area (Å²) in [7, 11) is 0. The Kier molecular flexibility index (Phi) is 4.66. The molecular formula is C24H20FNO3. The Bertz CT molecular complexity index is 1070. The van der Waals surface area contributed by atoms with Crippen molar-refractivity contribution in [2.75, 3.05) is 4.90 Å². The Morgan fingerprint density at radius 2 is 2.07 bits per heavy atom. The summed E-state index contributed by atoms with van der Waals surface area (Å²) in [5.74, 6) is -1.42. The highest BCUT2D eigenvalue weighted by atomic mass is 19.1. The van der Waals surface area contributed by atoms with Gasteiger partial charge in [0.2, 0.25) is 5.91 Å². The Labute approximate surface area is 168 Å². The zero-order valence-corrected chi connectivity index (χ0v) is 15.7. The molecule has 146 valence electrons. The van der Waals surface area contributed by atoms with Crippen LogP contribution in [-0.2, 0) is 16.8 Å². The number of nitrogens with zero attached hydrogens (tertiary/aromatic N) is 1. The van der Waals surface area contributed by atoms with Gasteiger partial charge in [0.15, 0.2) is 0 Å². The molecule has 1 heterocycles. The molecule has 2 atom stereocenters. The number of benzene rings is 2. The Balaban J connectivity index is 1.64. The van der Waals surface area contributed by atoms with Gasteiger partial charge in [-0.05, 0) is 53.8 Å². The second-order valence-electron chi connectivity index (χ2n) is 7.34. The number of carbonyl (C=O) groups is 2. The van der Waals surface area contributed by atoms with Crippen LogP contribution in [0.15, 0.2) is 85.2 Å². The van der Waals surface area contributed by atoms with E-state index in [0.717, 1.165) is 22.9 Å². The molecule has 4 rings (SSSR count). The number of carbonyl (C=O) groups excluding carboxylic acids is 1. The average molecular weight is 389 g/mol. The third-order valence-electron chi connectivity index (χ3n) is 5.63. The smallest absolute Gasteiger partial charge is 0.335 e. The standard InChI is InChI=1S/C24H20FNO3/c1-2-19(25)10-6-9-18-14-24(18)20-11-3-4-12-21(20)26(23(24)29)15-16-7-5-8-17(13-16)22(27)28/h2-13,18H,1,14-15H2,(H,27,28). The Morgan fingerprint density at radius 3 is 2.83 bits per heavy atom. The summed E-state index contributed by atoms with van der Waals surface area (Å²) in [5, 5.41) is 9.22. The number of aromatic carboxylic acids is 1. The van der Waals surface area contributed by atoms with Crippen molar-refractivity contribution < 1.29 is 19.1 Å². The van der Waals surface area contributed by atoms with E-state index in [-0.39, 0.29) is 17.4 Å². The second-order valence-corrected chi connectivity index (χ2v) is 7.34. The van der Waals surface area contributed by atoms with Crippen LogP contribution >= 0.6 is 0 Å². The van der Waals surface area contributed by atoms with Crippen LogP contribution in [0.2, 0.25) is 0 Å². The molecule has 2 aromatic rings. The quantitative estimate of drug-likeness (QED) is 0.723. The lowest BCUT2D eigenvalue weighted by Crippen LogP contribution is -2.32. The molecule has 29 heavy (non-hydrogen) atoms. The zero-order valence-electron chi connectivity index (χ0n) is 15.7. The number of rotatable bonds is 6. The number of hydrogen-bond acceptors (Lipinski definition) is 2. The van der Waals surface area contributed by atoms with Gasteiger partial charge in [-0.15, -0.1) is 0 Å². The lowest BCUT2D eigenvalue weighted by molar-refractivity contribution is -0.120. The van der Waals surface area contributed by atoms with Crippen molar-refractivity contribution in [2.24, 2.45) is 5.92 Å². The van der Waals surface area contributed by atoms with Crippen molar-refractivity contribution in [1.82, 2.24) is 0 Å². The van der Waals surface area contributed by atoms with Crippen LogP contribution in [0, 0.1) is 5.92 Å². The van der Waals surface area contributed by atoms with E-state index in [1.54, 1.807) is 23.1 Å². The summed E-state index contributed by atoms with van der Waals surface area (Å²) in [4.78, 5) is 26.4. The molecule has 1 aliphatic carbocycles. The normalized spacial score (nSPS) is 22.9. The molecule has 2 unspecified atom stereocenters. The van der Waals surface area contributed by atoms with Crippen molar-refractivity contribution in [3.8, 4) is 0 Å². The molecule has 1 aliphatic heterocycles. The van der Waals surface area contributed by atoms with Gasteiger partial charge in [0.1, 0.15) is 5.83 Å². The minimum Gasteiger partial charge on any atom is -0.478 e. The summed E-state index contributed by atoms with van der Waals surface area (Å²) >= 11 is 0. The topological polar surface area (TPSA) is 57.6 Å². The minimum absolute atomic E-state index is 0.000342. The maximum absolute atomic E-state index is 13.4. The summed E-state index contributed by atoms with van der Waals surface area (Å²) in [6.07, 6.45) is 6.64. The van der Waals surface area contributed by atoms with E-state index in [1.807, 2.05) is 36.4 Å². The number of hydrogen-bond donors (Lipinski definition) is 1. The van der Waals surface area contributed by atoms with Crippen molar-refractivity contribution in [1.29, 1.82) is 0 Å². The van der Waals surface area contributed by atoms with Crippen LogP contribution in [0.25, 0.3) is 0 Å². The Morgan fingerprint density at radius 1 is 1.28 bits per heavy atom. The number of halogens is 1. The highest BCUT2D eigenvalue weighted by Crippen LogP contribution is 2.62. The third-order valence-corrected chi connectivity index (χ3v) is 5.63. The number of fused-ring (bicyclic) bond motifs is 2. The number of carboxylic acid groups (broad SMARTS) is 1. The second kappa shape index (κ2) is 7.17. The van der Waals surface area contributed by atoms with Crippen molar-refractivity contribution in [2.45, 2.75) is 18.4 Å². The largest absolute Gasteiger partial charge is 0.478 e. The van der Waals surface area contributed by atoms with E-state index in [2.05, 4.69) is 6.58 Å². The highest BCUT2D eigenvalue weighted by Gasteiger charge is 2.65. The molecule has 1 saturated carbocycles. The highest BCUT2D eigenvalue weighted by molar-refractivity contribution is 6.10. The number of allylic oxidation sites excluding steroid dienone is 5. The van der Waals surface area contributed by atoms with E-state index in [0.29, 0.717) is 13.0 Å².